The van der Waals surface area contributed by atoms with Crippen LogP contribution in [0.5, 0.6) is 0 Å². The van der Waals surface area contributed by atoms with E-state index in [9.17, 15) is 26.8 Å². The second-order valence-corrected chi connectivity index (χ2v) is 9.96. The first kappa shape index (κ1) is 25.0. The maximum atomic E-state index is 14.0. The molecule has 2 saturated heterocycles. The Morgan fingerprint density at radius 3 is 2.79 bits per heavy atom. The van der Waals surface area contributed by atoms with Crippen LogP contribution in [0.4, 0.5) is 8.78 Å². The summed E-state index contributed by atoms with van der Waals surface area (Å²) in [5.41, 5.74) is 0.130. The van der Waals surface area contributed by atoms with Gasteiger partial charge < -0.3 is 10.1 Å². The van der Waals surface area contributed by atoms with Crippen LogP contribution < -0.4 is 5.32 Å². The van der Waals surface area contributed by atoms with E-state index in [0.29, 0.717) is 6.54 Å². The lowest BCUT2D eigenvalue weighted by Gasteiger charge is -2.36. The van der Waals surface area contributed by atoms with Gasteiger partial charge in [0.25, 0.3) is 5.92 Å². The van der Waals surface area contributed by atoms with Gasteiger partial charge in [0.2, 0.25) is 15.9 Å². The fourth-order valence-corrected chi connectivity index (χ4v) is 5.89. The molecule has 1 amide bonds. The van der Waals surface area contributed by atoms with Crippen LogP contribution >= 0.6 is 0 Å². The highest BCUT2D eigenvalue weighted by atomic mass is 32.2. The van der Waals surface area contributed by atoms with Gasteiger partial charge in [0, 0.05) is 19.0 Å². The molecule has 1 aromatic carbocycles. The van der Waals surface area contributed by atoms with Gasteiger partial charge in [-0.2, -0.15) is 9.57 Å². The van der Waals surface area contributed by atoms with Crippen molar-refractivity contribution in [3.8, 4) is 6.07 Å². The van der Waals surface area contributed by atoms with Gasteiger partial charge in [-0.1, -0.05) is 6.07 Å². The normalized spacial score (nSPS) is 23.6. The van der Waals surface area contributed by atoms with Gasteiger partial charge >= 0.3 is 5.97 Å². The number of nitriles is 1. The molecule has 0 saturated carbocycles. The molecular weight excluding hydrogens is 458 g/mol. The highest BCUT2D eigenvalue weighted by Gasteiger charge is 2.48. The maximum absolute atomic E-state index is 14.0. The van der Waals surface area contributed by atoms with Crippen LogP contribution in [0.2, 0.25) is 0 Å². The predicted molar refractivity (Wildman–Crippen MR) is 113 cm³/mol. The van der Waals surface area contributed by atoms with Crippen LogP contribution in [0.15, 0.2) is 29.2 Å². The minimum Gasteiger partial charge on any atom is -0.465 e. The van der Waals surface area contributed by atoms with E-state index in [1.54, 1.807) is 6.92 Å². The average molecular weight is 485 g/mol. The standard InChI is InChI=1S/C21H26F2N4O5S/c1-2-32-19(28)12-25-20(29)18-10-16(26-8-4-7-21(22,23)14-26)13-27(18)33(30,31)17-6-3-5-15(9-17)11-24/h3,5-6,9,16,18H,2,4,7-8,10,12-14H2,1H3,(H,25,29)/t16-,18?/m1/s1. The number of hydrogen-bond acceptors (Lipinski definition) is 7. The van der Waals surface area contributed by atoms with Crippen molar-refractivity contribution in [3.63, 3.8) is 0 Å². The molecule has 2 aliphatic rings. The lowest BCUT2D eigenvalue weighted by molar-refractivity contribution is -0.143. The second kappa shape index (κ2) is 10.1. The number of sulfonamides is 1. The fourth-order valence-electron chi connectivity index (χ4n) is 4.21. The molecule has 0 aromatic heterocycles. The maximum Gasteiger partial charge on any atom is 0.325 e. The summed E-state index contributed by atoms with van der Waals surface area (Å²) in [6, 6.07) is 5.46. The molecule has 0 aliphatic carbocycles. The van der Waals surface area contributed by atoms with Crippen molar-refractivity contribution in [2.45, 2.75) is 49.1 Å². The van der Waals surface area contributed by atoms with Crippen LogP contribution in [0.25, 0.3) is 0 Å². The van der Waals surface area contributed by atoms with E-state index in [4.69, 9.17) is 10.00 Å². The Balaban J connectivity index is 1.87. The molecule has 0 spiro atoms. The minimum atomic E-state index is -4.22. The van der Waals surface area contributed by atoms with E-state index in [0.717, 1.165) is 4.31 Å². The third-order valence-corrected chi connectivity index (χ3v) is 7.63. The topological polar surface area (TPSA) is 120 Å². The van der Waals surface area contributed by atoms with Crippen molar-refractivity contribution in [2.75, 3.05) is 32.8 Å². The number of nitrogens with zero attached hydrogens (tertiary/aromatic N) is 3. The van der Waals surface area contributed by atoms with E-state index in [2.05, 4.69) is 5.32 Å². The van der Waals surface area contributed by atoms with Crippen LogP contribution in [0, 0.1) is 11.3 Å². The largest absolute Gasteiger partial charge is 0.465 e. The van der Waals surface area contributed by atoms with E-state index < -0.39 is 53.0 Å². The van der Waals surface area contributed by atoms with Crippen molar-refractivity contribution in [1.29, 1.82) is 5.26 Å². The molecule has 0 bridgehead atoms. The molecule has 2 atom stereocenters. The average Bonchev–Trinajstić information content (AvgIpc) is 3.24. The molecule has 1 unspecified atom stereocenters. The third kappa shape index (κ3) is 5.85. The number of benzene rings is 1. The SMILES string of the molecule is CCOC(=O)CNC(=O)C1C[C@@H](N2CCCC(F)(F)C2)CN1S(=O)(=O)c1cccc(C#N)c1. The predicted octanol–water partition coefficient (Wildman–Crippen LogP) is 1.10. The van der Waals surface area contributed by atoms with E-state index in [-0.39, 0.29) is 42.9 Å². The van der Waals surface area contributed by atoms with Crippen molar-refractivity contribution < 1.29 is 31.5 Å². The van der Waals surface area contributed by atoms with Crippen molar-refractivity contribution in [3.05, 3.63) is 29.8 Å². The molecule has 1 aromatic rings. The molecule has 1 N–H and O–H groups in total. The molecule has 3 rings (SSSR count). The number of amides is 1. The number of ether oxygens (including phenoxy) is 1. The van der Waals surface area contributed by atoms with Gasteiger partial charge in [-0.05, 0) is 44.5 Å². The second-order valence-electron chi connectivity index (χ2n) is 8.07. The number of piperidine rings is 1. The third-order valence-electron chi connectivity index (χ3n) is 5.76. The monoisotopic (exact) mass is 484 g/mol. The summed E-state index contributed by atoms with van der Waals surface area (Å²) in [6.07, 6.45) is 0.0325. The summed E-state index contributed by atoms with van der Waals surface area (Å²) in [5.74, 6) is -4.27. The first-order chi connectivity index (χ1) is 15.6. The van der Waals surface area contributed by atoms with Gasteiger partial charge in [0.05, 0.1) is 29.7 Å². The number of nitrogens with one attached hydrogen (secondary N) is 1. The summed E-state index contributed by atoms with van der Waals surface area (Å²) in [4.78, 5) is 25.9. The van der Waals surface area contributed by atoms with Gasteiger partial charge in [-0.25, -0.2) is 17.2 Å². The highest BCUT2D eigenvalue weighted by Crippen LogP contribution is 2.34. The van der Waals surface area contributed by atoms with Crippen molar-refractivity contribution >= 4 is 21.9 Å². The molecular formula is C21H26F2N4O5S. The van der Waals surface area contributed by atoms with Gasteiger partial charge in [-0.3, -0.25) is 14.5 Å². The highest BCUT2D eigenvalue weighted by molar-refractivity contribution is 7.89. The lowest BCUT2D eigenvalue weighted by atomic mass is 10.0. The molecule has 0 radical (unpaired) electrons. The molecule has 33 heavy (non-hydrogen) atoms. The summed E-state index contributed by atoms with van der Waals surface area (Å²) < 4.78 is 60.5. The van der Waals surface area contributed by atoms with E-state index in [1.165, 1.54) is 29.2 Å². The fraction of sp³-hybridized carbons (Fsp3) is 0.571. The first-order valence-electron chi connectivity index (χ1n) is 10.6. The smallest absolute Gasteiger partial charge is 0.325 e. The first-order valence-corrected chi connectivity index (χ1v) is 12.1. The summed E-state index contributed by atoms with van der Waals surface area (Å²) in [6.45, 7) is 1.00. The molecule has 2 aliphatic heterocycles. The number of likely N-dealkylation sites (tertiary alicyclic amines) is 1. The molecule has 2 heterocycles. The van der Waals surface area contributed by atoms with Gasteiger partial charge in [-0.15, -0.1) is 0 Å². The quantitative estimate of drug-likeness (QED) is 0.576. The van der Waals surface area contributed by atoms with Gasteiger partial charge in [0.1, 0.15) is 12.6 Å². The number of carbonyl (C=O) groups is 2. The van der Waals surface area contributed by atoms with Crippen LogP contribution in [0.1, 0.15) is 31.7 Å². The number of halogens is 2. The Kier molecular flexibility index (Phi) is 7.66. The minimum absolute atomic E-state index is 0.00189. The zero-order valence-corrected chi connectivity index (χ0v) is 19.0. The lowest BCUT2D eigenvalue weighted by Crippen LogP contribution is -2.49. The van der Waals surface area contributed by atoms with Crippen LogP contribution in [0.3, 0.4) is 0 Å². The molecule has 9 nitrogen and oxygen atoms in total. The zero-order valence-electron chi connectivity index (χ0n) is 18.2. The number of alkyl halides is 2. The van der Waals surface area contributed by atoms with Crippen LogP contribution in [-0.4, -0.2) is 80.3 Å². The molecule has 12 heteroatoms. The Morgan fingerprint density at radius 2 is 2.12 bits per heavy atom. The Bertz CT molecular complexity index is 1040. The molecule has 180 valence electrons. The summed E-state index contributed by atoms with van der Waals surface area (Å²) in [5, 5.41) is 11.5. The number of rotatable bonds is 7. The van der Waals surface area contributed by atoms with Gasteiger partial charge in [0.15, 0.2) is 0 Å². The number of hydrogen-bond donors (Lipinski definition) is 1. The van der Waals surface area contributed by atoms with E-state index in [1.807, 2.05) is 6.07 Å². The Hall–Kier alpha value is -2.62. The zero-order chi connectivity index (χ0) is 24.2. The van der Waals surface area contributed by atoms with Crippen LogP contribution in [-0.2, 0) is 24.3 Å². The number of carbonyl (C=O) groups excluding carboxylic acids is 2. The Labute approximate surface area is 191 Å². The Morgan fingerprint density at radius 1 is 1.36 bits per heavy atom. The number of esters is 1. The molecule has 2 fully saturated rings. The van der Waals surface area contributed by atoms with E-state index >= 15 is 0 Å². The van der Waals surface area contributed by atoms with Crippen molar-refractivity contribution in [2.24, 2.45) is 0 Å². The summed E-state index contributed by atoms with van der Waals surface area (Å²) in [7, 11) is -4.22. The summed E-state index contributed by atoms with van der Waals surface area (Å²) >= 11 is 0. The van der Waals surface area contributed by atoms with Crippen molar-refractivity contribution in [1.82, 2.24) is 14.5 Å².